The third-order valence-electron chi connectivity index (χ3n) is 4.14. The Morgan fingerprint density at radius 2 is 1.89 bits per heavy atom. The van der Waals surface area contributed by atoms with E-state index in [0.29, 0.717) is 6.54 Å². The van der Waals surface area contributed by atoms with Gasteiger partial charge in [0.05, 0.1) is 0 Å². The molecule has 3 N–H and O–H groups in total. The van der Waals surface area contributed by atoms with Crippen LogP contribution in [0.1, 0.15) is 37.7 Å². The smallest absolute Gasteiger partial charge is 0.103 e. The van der Waals surface area contributed by atoms with Crippen LogP contribution in [0.4, 0.5) is 0 Å². The normalized spacial score (nSPS) is 19.5. The van der Waals surface area contributed by atoms with Gasteiger partial charge in [-0.15, -0.1) is 0 Å². The molecule has 0 amide bonds. The van der Waals surface area contributed by atoms with Gasteiger partial charge in [-0.2, -0.15) is 11.8 Å². The average Bonchev–Trinajstić information content (AvgIpc) is 2.97. The zero-order chi connectivity index (χ0) is 13.6. The highest BCUT2D eigenvalue weighted by Crippen LogP contribution is 2.30. The molecule has 1 saturated carbocycles. The molecular weight excluding hydrogens is 254 g/mol. The van der Waals surface area contributed by atoms with E-state index in [-0.39, 0.29) is 0 Å². The predicted octanol–water partition coefficient (Wildman–Crippen LogP) is 3.15. The summed E-state index contributed by atoms with van der Waals surface area (Å²) in [7, 11) is 0. The summed E-state index contributed by atoms with van der Waals surface area (Å²) >= 11 is 1.97. The van der Waals surface area contributed by atoms with E-state index in [1.54, 1.807) is 0 Å². The van der Waals surface area contributed by atoms with Crippen molar-refractivity contribution in [1.82, 2.24) is 0 Å². The summed E-state index contributed by atoms with van der Waals surface area (Å²) in [6.45, 7) is 0.293. The van der Waals surface area contributed by atoms with Crippen LogP contribution in [0.15, 0.2) is 30.3 Å². The van der Waals surface area contributed by atoms with Gasteiger partial charge in [-0.05, 0) is 42.2 Å². The van der Waals surface area contributed by atoms with Gasteiger partial charge in [-0.1, -0.05) is 43.2 Å². The molecule has 0 bridgehead atoms. The highest BCUT2D eigenvalue weighted by Gasteiger charge is 2.27. The molecule has 1 aromatic rings. The summed E-state index contributed by atoms with van der Waals surface area (Å²) in [6.07, 6.45) is 6.34. The van der Waals surface area contributed by atoms with Crippen LogP contribution < -0.4 is 5.73 Å². The minimum Gasteiger partial charge on any atom is -0.384 e. The number of thioether (sulfide) groups is 1. The molecule has 19 heavy (non-hydrogen) atoms. The first-order chi connectivity index (χ1) is 9.24. The lowest BCUT2D eigenvalue weighted by atomic mass is 9.91. The van der Waals surface area contributed by atoms with Crippen LogP contribution in [-0.2, 0) is 5.60 Å². The monoisotopic (exact) mass is 279 g/mol. The molecule has 0 heterocycles. The highest BCUT2D eigenvalue weighted by molar-refractivity contribution is 7.99. The summed E-state index contributed by atoms with van der Waals surface area (Å²) in [5, 5.41) is 10.6. The molecule has 1 aliphatic carbocycles. The van der Waals surface area contributed by atoms with Crippen molar-refractivity contribution in [2.45, 2.75) is 37.7 Å². The lowest BCUT2D eigenvalue weighted by Gasteiger charge is -2.27. The summed E-state index contributed by atoms with van der Waals surface area (Å²) in [5.41, 5.74) is 5.87. The van der Waals surface area contributed by atoms with Crippen LogP contribution in [-0.4, -0.2) is 23.2 Å². The minimum atomic E-state index is -0.857. The number of benzene rings is 1. The maximum Gasteiger partial charge on any atom is 0.103 e. The molecule has 2 rings (SSSR count). The van der Waals surface area contributed by atoms with E-state index in [0.717, 1.165) is 23.7 Å². The van der Waals surface area contributed by atoms with Crippen molar-refractivity contribution in [2.75, 3.05) is 18.1 Å². The highest BCUT2D eigenvalue weighted by atomic mass is 32.2. The molecule has 3 heteroatoms. The summed E-state index contributed by atoms with van der Waals surface area (Å²) in [5.74, 6) is 3.14. The Kier molecular flexibility index (Phi) is 5.74. The molecule has 0 saturated heterocycles. The number of rotatable bonds is 7. The number of hydrogen-bond donors (Lipinski definition) is 2. The molecule has 1 aliphatic rings. The van der Waals surface area contributed by atoms with Crippen molar-refractivity contribution in [2.24, 2.45) is 11.7 Å². The summed E-state index contributed by atoms with van der Waals surface area (Å²) in [4.78, 5) is 0. The molecule has 0 aliphatic heterocycles. The van der Waals surface area contributed by atoms with E-state index in [9.17, 15) is 5.11 Å². The maximum atomic E-state index is 10.6. The van der Waals surface area contributed by atoms with Crippen LogP contribution in [0.3, 0.4) is 0 Å². The molecule has 1 fully saturated rings. The van der Waals surface area contributed by atoms with E-state index < -0.39 is 5.60 Å². The molecule has 0 spiro atoms. The van der Waals surface area contributed by atoms with Gasteiger partial charge in [-0.25, -0.2) is 0 Å². The minimum absolute atomic E-state index is 0.293. The van der Waals surface area contributed by atoms with E-state index >= 15 is 0 Å². The second-order valence-corrected chi connectivity index (χ2v) is 6.73. The van der Waals surface area contributed by atoms with Crippen LogP contribution in [0, 0.1) is 5.92 Å². The van der Waals surface area contributed by atoms with Crippen LogP contribution in [0.5, 0.6) is 0 Å². The third-order valence-corrected chi connectivity index (χ3v) is 5.34. The van der Waals surface area contributed by atoms with Gasteiger partial charge in [0, 0.05) is 6.54 Å². The first kappa shape index (κ1) is 14.9. The van der Waals surface area contributed by atoms with E-state index in [2.05, 4.69) is 0 Å². The van der Waals surface area contributed by atoms with Crippen molar-refractivity contribution in [3.63, 3.8) is 0 Å². The number of nitrogens with two attached hydrogens (primary N) is 1. The molecule has 1 atom stereocenters. The average molecular weight is 279 g/mol. The second kappa shape index (κ2) is 7.32. The largest absolute Gasteiger partial charge is 0.384 e. The third kappa shape index (κ3) is 4.23. The standard InChI is InChI=1S/C16H25NOS/c17-13-16(18,15-8-2-1-3-9-15)10-11-19-12-14-6-4-5-7-14/h1-3,8-9,14,18H,4-7,10-13,17H2. The van der Waals surface area contributed by atoms with Gasteiger partial charge in [-0.3, -0.25) is 0 Å². The van der Waals surface area contributed by atoms with Gasteiger partial charge in [0.1, 0.15) is 5.60 Å². The zero-order valence-electron chi connectivity index (χ0n) is 11.6. The first-order valence-corrected chi connectivity index (χ1v) is 8.46. The van der Waals surface area contributed by atoms with Crippen molar-refractivity contribution in [3.8, 4) is 0 Å². The van der Waals surface area contributed by atoms with Gasteiger partial charge >= 0.3 is 0 Å². The Morgan fingerprint density at radius 1 is 1.21 bits per heavy atom. The zero-order valence-corrected chi connectivity index (χ0v) is 12.4. The van der Waals surface area contributed by atoms with Crippen molar-refractivity contribution in [3.05, 3.63) is 35.9 Å². The van der Waals surface area contributed by atoms with Crippen molar-refractivity contribution in [1.29, 1.82) is 0 Å². The van der Waals surface area contributed by atoms with Gasteiger partial charge in [0.2, 0.25) is 0 Å². The molecule has 1 unspecified atom stereocenters. The first-order valence-electron chi connectivity index (χ1n) is 7.30. The second-order valence-electron chi connectivity index (χ2n) is 5.58. The fourth-order valence-electron chi connectivity index (χ4n) is 2.78. The van der Waals surface area contributed by atoms with E-state index in [1.807, 2.05) is 42.1 Å². The van der Waals surface area contributed by atoms with Gasteiger partial charge < -0.3 is 10.8 Å². The molecule has 2 nitrogen and oxygen atoms in total. The fraction of sp³-hybridized carbons (Fsp3) is 0.625. The Labute approximate surface area is 120 Å². The van der Waals surface area contributed by atoms with E-state index in [4.69, 9.17) is 5.73 Å². The fourth-order valence-corrected chi connectivity index (χ4v) is 4.10. The lowest BCUT2D eigenvalue weighted by Crippen LogP contribution is -2.35. The predicted molar refractivity (Wildman–Crippen MR) is 83.3 cm³/mol. The van der Waals surface area contributed by atoms with Gasteiger partial charge in [0.25, 0.3) is 0 Å². The SMILES string of the molecule is NCC(O)(CCSCC1CCCC1)c1ccccc1. The Bertz CT molecular complexity index is 364. The number of hydrogen-bond acceptors (Lipinski definition) is 3. The summed E-state index contributed by atoms with van der Waals surface area (Å²) in [6, 6.07) is 9.82. The van der Waals surface area contributed by atoms with Crippen LogP contribution >= 0.6 is 11.8 Å². The molecular formula is C16H25NOS. The van der Waals surface area contributed by atoms with Crippen molar-refractivity contribution < 1.29 is 5.11 Å². The number of aliphatic hydroxyl groups is 1. The van der Waals surface area contributed by atoms with Crippen LogP contribution in [0.2, 0.25) is 0 Å². The molecule has 0 radical (unpaired) electrons. The topological polar surface area (TPSA) is 46.2 Å². The van der Waals surface area contributed by atoms with Crippen LogP contribution in [0.25, 0.3) is 0 Å². The molecule has 1 aromatic carbocycles. The summed E-state index contributed by atoms with van der Waals surface area (Å²) < 4.78 is 0. The molecule has 0 aromatic heterocycles. The maximum absolute atomic E-state index is 10.6. The Hall–Kier alpha value is -0.510. The van der Waals surface area contributed by atoms with E-state index in [1.165, 1.54) is 31.4 Å². The Balaban J connectivity index is 1.78. The Morgan fingerprint density at radius 3 is 2.53 bits per heavy atom. The lowest BCUT2D eigenvalue weighted by molar-refractivity contribution is 0.0431. The quantitative estimate of drug-likeness (QED) is 0.754. The van der Waals surface area contributed by atoms with Gasteiger partial charge in [0.15, 0.2) is 0 Å². The van der Waals surface area contributed by atoms with Crippen molar-refractivity contribution >= 4 is 11.8 Å². The molecule has 106 valence electrons.